The second kappa shape index (κ2) is 6.83. The van der Waals surface area contributed by atoms with E-state index in [1.54, 1.807) is 24.3 Å². The van der Waals surface area contributed by atoms with Gasteiger partial charge in [-0.2, -0.15) is 0 Å². The zero-order valence-electron chi connectivity index (χ0n) is 12.1. The van der Waals surface area contributed by atoms with E-state index >= 15 is 0 Å². The van der Waals surface area contributed by atoms with Crippen LogP contribution in [0.25, 0.3) is 0 Å². The molecule has 1 saturated heterocycles. The normalized spacial score (nSPS) is 19.8. The first kappa shape index (κ1) is 16.4. The monoisotopic (exact) mass is 327 g/mol. The molecule has 0 aromatic heterocycles. The molecule has 2 rings (SSSR count). The molecule has 1 atom stereocenters. The van der Waals surface area contributed by atoms with Crippen LogP contribution in [-0.2, 0) is 15.8 Å². The molecule has 1 aromatic carbocycles. The minimum Gasteiger partial charge on any atom is -0.389 e. The fraction of sp³-hybridized carbons (Fsp3) is 0.500. The average molecular weight is 327 g/mol. The highest BCUT2D eigenvalue weighted by Gasteiger charge is 2.22. The molecule has 0 saturated carbocycles. The Balaban J connectivity index is 1.99. The Hall–Kier alpha value is -1.02. The molecule has 3 N–H and O–H groups in total. The van der Waals surface area contributed by atoms with Crippen molar-refractivity contribution >= 4 is 27.2 Å². The van der Waals surface area contributed by atoms with Gasteiger partial charge in [0.05, 0.1) is 5.75 Å². The van der Waals surface area contributed by atoms with Crippen molar-refractivity contribution in [2.75, 3.05) is 26.7 Å². The maximum absolute atomic E-state index is 12.2. The van der Waals surface area contributed by atoms with Gasteiger partial charge >= 0.3 is 0 Å². The van der Waals surface area contributed by atoms with Gasteiger partial charge in [0, 0.05) is 18.7 Å². The zero-order chi connectivity index (χ0) is 15.5. The summed E-state index contributed by atoms with van der Waals surface area (Å²) in [6, 6.07) is 7.08. The molecule has 1 aromatic rings. The number of hydrogen-bond acceptors (Lipinski definition) is 4. The number of nitrogens with one attached hydrogen (secondary N) is 1. The summed E-state index contributed by atoms with van der Waals surface area (Å²) >= 11 is 4.96. The predicted molar refractivity (Wildman–Crippen MR) is 88.6 cm³/mol. The summed E-state index contributed by atoms with van der Waals surface area (Å²) in [7, 11) is -1.33. The molecular formula is C14H21N3O2S2. The molecule has 1 heterocycles. The lowest BCUT2D eigenvalue weighted by atomic mass is 10.1. The number of nitrogens with zero attached hydrogens (tertiary/aromatic N) is 1. The minimum atomic E-state index is -3.38. The fourth-order valence-electron chi connectivity index (χ4n) is 2.58. The first-order valence-corrected chi connectivity index (χ1v) is 8.97. The third-order valence-electron chi connectivity index (χ3n) is 3.71. The number of sulfonamides is 1. The van der Waals surface area contributed by atoms with E-state index in [4.69, 9.17) is 18.0 Å². The Labute approximate surface area is 131 Å². The molecule has 5 nitrogen and oxygen atoms in total. The Morgan fingerprint density at radius 1 is 1.48 bits per heavy atom. The van der Waals surface area contributed by atoms with Crippen LogP contribution in [-0.4, -0.2) is 45.0 Å². The molecule has 7 heteroatoms. The molecule has 0 bridgehead atoms. The van der Waals surface area contributed by atoms with Gasteiger partial charge < -0.3 is 10.6 Å². The van der Waals surface area contributed by atoms with E-state index in [-0.39, 0.29) is 10.7 Å². The summed E-state index contributed by atoms with van der Waals surface area (Å²) in [5.41, 5.74) is 6.90. The van der Waals surface area contributed by atoms with Crippen molar-refractivity contribution in [2.45, 2.75) is 12.2 Å². The van der Waals surface area contributed by atoms with Gasteiger partial charge in [-0.15, -0.1) is 0 Å². The van der Waals surface area contributed by atoms with Crippen molar-refractivity contribution in [3.63, 3.8) is 0 Å². The highest BCUT2D eigenvalue weighted by molar-refractivity contribution is 7.88. The van der Waals surface area contributed by atoms with Crippen LogP contribution >= 0.6 is 12.2 Å². The standard InChI is InChI=1S/C14H21N3O2S2/c1-17-7-6-11(9-17)8-16-21(18,19)10-12-4-2-3-5-13(12)14(15)20/h2-5,11,16H,6-10H2,1H3,(H2,15,20). The summed E-state index contributed by atoms with van der Waals surface area (Å²) in [6.45, 7) is 2.45. The lowest BCUT2D eigenvalue weighted by molar-refractivity contribution is 0.394. The maximum Gasteiger partial charge on any atom is 0.215 e. The van der Waals surface area contributed by atoms with Gasteiger partial charge in [-0.3, -0.25) is 0 Å². The van der Waals surface area contributed by atoms with E-state index in [9.17, 15) is 8.42 Å². The van der Waals surface area contributed by atoms with Gasteiger partial charge in [0.1, 0.15) is 4.99 Å². The lowest BCUT2D eigenvalue weighted by Crippen LogP contribution is -2.32. The van der Waals surface area contributed by atoms with Crippen LogP contribution in [0.5, 0.6) is 0 Å². The SMILES string of the molecule is CN1CCC(CNS(=O)(=O)Cc2ccccc2C(N)=S)C1. The topological polar surface area (TPSA) is 75.4 Å². The Morgan fingerprint density at radius 2 is 2.19 bits per heavy atom. The Kier molecular flexibility index (Phi) is 5.32. The van der Waals surface area contributed by atoms with Gasteiger partial charge in [-0.1, -0.05) is 36.5 Å². The van der Waals surface area contributed by atoms with Crippen molar-refractivity contribution in [3.8, 4) is 0 Å². The smallest absolute Gasteiger partial charge is 0.215 e. The molecule has 1 fully saturated rings. The van der Waals surface area contributed by atoms with E-state index in [1.807, 2.05) is 7.05 Å². The average Bonchev–Trinajstić information content (AvgIpc) is 2.82. The Morgan fingerprint density at radius 3 is 2.81 bits per heavy atom. The van der Waals surface area contributed by atoms with Crippen LogP contribution in [0, 0.1) is 5.92 Å². The number of hydrogen-bond donors (Lipinski definition) is 2. The van der Waals surface area contributed by atoms with Crippen LogP contribution in [0.15, 0.2) is 24.3 Å². The Bertz CT molecular complexity index is 616. The van der Waals surface area contributed by atoms with E-state index < -0.39 is 10.0 Å². The quantitative estimate of drug-likeness (QED) is 0.752. The van der Waals surface area contributed by atoms with Crippen LogP contribution in [0.1, 0.15) is 17.5 Å². The fourth-order valence-corrected chi connectivity index (χ4v) is 4.03. The molecule has 1 aliphatic rings. The van der Waals surface area contributed by atoms with E-state index in [0.29, 0.717) is 23.6 Å². The van der Waals surface area contributed by atoms with Gasteiger partial charge in [0.25, 0.3) is 0 Å². The molecule has 0 aliphatic carbocycles. The molecule has 21 heavy (non-hydrogen) atoms. The summed E-state index contributed by atoms with van der Waals surface area (Å²) in [5, 5.41) is 0. The van der Waals surface area contributed by atoms with Crippen molar-refractivity contribution < 1.29 is 8.42 Å². The van der Waals surface area contributed by atoms with E-state index in [2.05, 4.69) is 9.62 Å². The molecular weight excluding hydrogens is 306 g/mol. The van der Waals surface area contributed by atoms with Crippen LogP contribution in [0.3, 0.4) is 0 Å². The first-order valence-electron chi connectivity index (χ1n) is 6.91. The summed E-state index contributed by atoms with van der Waals surface area (Å²) in [6.07, 6.45) is 1.03. The molecule has 1 aliphatic heterocycles. The lowest BCUT2D eigenvalue weighted by Gasteiger charge is -2.13. The summed E-state index contributed by atoms with van der Waals surface area (Å²) < 4.78 is 27.1. The van der Waals surface area contributed by atoms with Crippen LogP contribution < -0.4 is 10.5 Å². The van der Waals surface area contributed by atoms with Crippen molar-refractivity contribution in [2.24, 2.45) is 11.7 Å². The number of rotatable bonds is 6. The number of nitrogens with two attached hydrogens (primary N) is 1. The first-order chi connectivity index (χ1) is 9.87. The summed E-state index contributed by atoms with van der Waals surface area (Å²) in [5.74, 6) is 0.291. The maximum atomic E-state index is 12.2. The third kappa shape index (κ3) is 4.74. The van der Waals surface area contributed by atoms with Gasteiger partial charge in [-0.05, 0) is 31.5 Å². The predicted octanol–water partition coefficient (Wildman–Crippen LogP) is 0.692. The van der Waals surface area contributed by atoms with Crippen molar-refractivity contribution in [1.82, 2.24) is 9.62 Å². The van der Waals surface area contributed by atoms with Crippen molar-refractivity contribution in [3.05, 3.63) is 35.4 Å². The van der Waals surface area contributed by atoms with Gasteiger partial charge in [0.15, 0.2) is 0 Å². The number of thiocarbonyl (C=S) groups is 1. The molecule has 0 radical (unpaired) electrons. The number of benzene rings is 1. The van der Waals surface area contributed by atoms with Crippen LogP contribution in [0.2, 0.25) is 0 Å². The second-order valence-corrected chi connectivity index (χ2v) is 7.79. The largest absolute Gasteiger partial charge is 0.389 e. The second-order valence-electron chi connectivity index (χ2n) is 5.55. The van der Waals surface area contributed by atoms with Crippen molar-refractivity contribution in [1.29, 1.82) is 0 Å². The minimum absolute atomic E-state index is 0.0942. The third-order valence-corrected chi connectivity index (χ3v) is 5.23. The van der Waals surface area contributed by atoms with Gasteiger partial charge in [0.2, 0.25) is 10.0 Å². The molecule has 116 valence electrons. The van der Waals surface area contributed by atoms with E-state index in [0.717, 1.165) is 19.5 Å². The van der Waals surface area contributed by atoms with E-state index in [1.165, 1.54) is 0 Å². The molecule has 0 spiro atoms. The number of likely N-dealkylation sites (tertiary alicyclic amines) is 1. The van der Waals surface area contributed by atoms with Gasteiger partial charge in [-0.25, -0.2) is 13.1 Å². The highest BCUT2D eigenvalue weighted by Crippen LogP contribution is 2.15. The molecule has 0 amide bonds. The molecule has 1 unspecified atom stereocenters. The van der Waals surface area contributed by atoms with Crippen LogP contribution in [0.4, 0.5) is 0 Å². The summed E-state index contributed by atoms with van der Waals surface area (Å²) in [4.78, 5) is 2.43. The zero-order valence-corrected chi connectivity index (χ0v) is 13.7. The highest BCUT2D eigenvalue weighted by atomic mass is 32.2.